The van der Waals surface area contributed by atoms with Crippen molar-refractivity contribution < 1.29 is 19.2 Å². The van der Waals surface area contributed by atoms with Crippen molar-refractivity contribution in [3.8, 4) is 11.6 Å². The summed E-state index contributed by atoms with van der Waals surface area (Å²) in [5, 5.41) is 3.41. The number of aromatic nitrogens is 1. The molecule has 0 unspecified atom stereocenters. The summed E-state index contributed by atoms with van der Waals surface area (Å²) in [5.74, 6) is 0.222. The van der Waals surface area contributed by atoms with Gasteiger partial charge >= 0.3 is 5.97 Å². The van der Waals surface area contributed by atoms with E-state index >= 15 is 0 Å². The number of hydrogen-bond donors (Lipinski definition) is 2. The second-order valence-corrected chi connectivity index (χ2v) is 6.94. The maximum Gasteiger partial charge on any atom is 0.321 e. The molecule has 2 N–H and O–H groups in total. The van der Waals surface area contributed by atoms with Gasteiger partial charge in [-0.15, -0.1) is 5.48 Å². The van der Waals surface area contributed by atoms with Crippen molar-refractivity contribution in [1.29, 1.82) is 0 Å². The number of ether oxygens (including phenoxy) is 1. The molecular formula is C21H17Cl2N3O4. The molecule has 3 aromatic rings. The van der Waals surface area contributed by atoms with Gasteiger partial charge < -0.3 is 14.9 Å². The number of halogens is 2. The summed E-state index contributed by atoms with van der Waals surface area (Å²) in [5.41, 5.74) is 4.36. The predicted octanol–water partition coefficient (Wildman–Crippen LogP) is 5.00. The summed E-state index contributed by atoms with van der Waals surface area (Å²) in [6.45, 7) is 1.70. The van der Waals surface area contributed by atoms with Gasteiger partial charge in [0.15, 0.2) is 0 Å². The van der Waals surface area contributed by atoms with Crippen LogP contribution in [0.15, 0.2) is 60.8 Å². The monoisotopic (exact) mass is 445 g/mol. The Morgan fingerprint density at radius 3 is 2.40 bits per heavy atom. The van der Waals surface area contributed by atoms with Crippen LogP contribution in [-0.4, -0.2) is 16.9 Å². The van der Waals surface area contributed by atoms with Gasteiger partial charge in [0, 0.05) is 18.6 Å². The summed E-state index contributed by atoms with van der Waals surface area (Å²) in [6.07, 6.45) is 1.49. The Balaban J connectivity index is 1.55. The molecule has 30 heavy (non-hydrogen) atoms. The Morgan fingerprint density at radius 1 is 1.00 bits per heavy atom. The van der Waals surface area contributed by atoms with Gasteiger partial charge in [0.25, 0.3) is 5.91 Å². The highest BCUT2D eigenvalue weighted by molar-refractivity contribution is 6.42. The fourth-order valence-corrected chi connectivity index (χ4v) is 2.67. The molecule has 0 saturated heterocycles. The molecule has 0 atom stereocenters. The third-order valence-corrected chi connectivity index (χ3v) is 4.55. The normalized spacial score (nSPS) is 10.4. The zero-order valence-corrected chi connectivity index (χ0v) is 17.3. The number of anilines is 1. The van der Waals surface area contributed by atoms with Crippen LogP contribution >= 0.6 is 23.2 Å². The van der Waals surface area contributed by atoms with Crippen molar-refractivity contribution in [3.05, 3.63) is 82.0 Å². The van der Waals surface area contributed by atoms with Crippen molar-refractivity contribution in [2.75, 3.05) is 5.32 Å². The number of carbonyl (C=O) groups excluding carboxylic acids is 2. The molecule has 1 amide bonds. The first-order valence-corrected chi connectivity index (χ1v) is 9.56. The van der Waals surface area contributed by atoms with Crippen LogP contribution in [0.5, 0.6) is 11.6 Å². The van der Waals surface area contributed by atoms with E-state index in [-0.39, 0.29) is 5.91 Å². The lowest BCUT2D eigenvalue weighted by atomic mass is 10.2. The molecular weight excluding hydrogens is 429 g/mol. The van der Waals surface area contributed by atoms with E-state index in [9.17, 15) is 9.59 Å². The van der Waals surface area contributed by atoms with Crippen LogP contribution < -0.4 is 15.5 Å². The molecule has 1 heterocycles. The third-order valence-electron chi connectivity index (χ3n) is 3.81. The van der Waals surface area contributed by atoms with Gasteiger partial charge in [-0.2, -0.15) is 0 Å². The molecule has 0 aliphatic carbocycles. The van der Waals surface area contributed by atoms with E-state index in [0.717, 1.165) is 5.56 Å². The van der Waals surface area contributed by atoms with E-state index in [1.165, 1.54) is 19.2 Å². The highest BCUT2D eigenvalue weighted by Crippen LogP contribution is 2.24. The molecule has 0 aliphatic heterocycles. The molecule has 0 fully saturated rings. The minimum absolute atomic E-state index is 0.305. The van der Waals surface area contributed by atoms with Gasteiger partial charge in [-0.1, -0.05) is 35.3 Å². The Bertz CT molecular complexity index is 1040. The van der Waals surface area contributed by atoms with Gasteiger partial charge in [0.1, 0.15) is 5.75 Å². The molecule has 0 saturated carbocycles. The number of nitrogens with zero attached hydrogens (tertiary/aromatic N) is 1. The van der Waals surface area contributed by atoms with Crippen molar-refractivity contribution in [3.63, 3.8) is 0 Å². The summed E-state index contributed by atoms with van der Waals surface area (Å²) >= 11 is 11.8. The number of amides is 1. The van der Waals surface area contributed by atoms with Crippen LogP contribution in [0.4, 0.5) is 5.69 Å². The highest BCUT2D eigenvalue weighted by Gasteiger charge is 2.09. The summed E-state index contributed by atoms with van der Waals surface area (Å²) in [7, 11) is 0. The number of carbonyl (C=O) groups is 2. The van der Waals surface area contributed by atoms with Gasteiger partial charge in [0.05, 0.1) is 28.5 Å². The highest BCUT2D eigenvalue weighted by atomic mass is 35.5. The van der Waals surface area contributed by atoms with E-state index in [1.54, 1.807) is 36.4 Å². The van der Waals surface area contributed by atoms with Crippen LogP contribution in [0.2, 0.25) is 10.0 Å². The van der Waals surface area contributed by atoms with Crippen LogP contribution in [-0.2, 0) is 16.2 Å². The Labute approximate surface area is 182 Å². The first-order chi connectivity index (χ1) is 14.4. The van der Waals surface area contributed by atoms with E-state index in [4.69, 9.17) is 27.9 Å². The molecule has 7 nitrogen and oxygen atoms in total. The average Bonchev–Trinajstić information content (AvgIpc) is 2.72. The number of benzene rings is 2. The zero-order valence-electron chi connectivity index (χ0n) is 15.8. The van der Waals surface area contributed by atoms with E-state index in [0.29, 0.717) is 39.5 Å². The average molecular weight is 446 g/mol. The smallest absolute Gasteiger partial charge is 0.321 e. The summed E-state index contributed by atoms with van der Waals surface area (Å²) in [4.78, 5) is 31.9. The lowest BCUT2D eigenvalue weighted by Gasteiger charge is -2.09. The lowest BCUT2D eigenvalue weighted by Crippen LogP contribution is -2.17. The topological polar surface area (TPSA) is 89.5 Å². The number of nitrogens with one attached hydrogen (secondary N) is 2. The minimum atomic E-state index is -0.405. The molecule has 3 rings (SSSR count). The Kier molecular flexibility index (Phi) is 7.24. The molecule has 154 valence electrons. The minimum Gasteiger partial charge on any atom is -0.439 e. The summed E-state index contributed by atoms with van der Waals surface area (Å²) in [6, 6.07) is 15.2. The second kappa shape index (κ2) is 10.1. The maximum atomic E-state index is 12.3. The molecule has 1 aromatic heterocycles. The zero-order chi connectivity index (χ0) is 21.5. The first-order valence-electron chi connectivity index (χ1n) is 8.80. The quantitative estimate of drug-likeness (QED) is 0.497. The van der Waals surface area contributed by atoms with Gasteiger partial charge in [-0.25, -0.2) is 4.98 Å². The van der Waals surface area contributed by atoms with Crippen molar-refractivity contribution in [2.24, 2.45) is 0 Å². The fourth-order valence-electron chi connectivity index (χ4n) is 2.37. The van der Waals surface area contributed by atoms with Crippen LogP contribution in [0, 0.1) is 0 Å². The van der Waals surface area contributed by atoms with Crippen molar-refractivity contribution in [1.82, 2.24) is 10.5 Å². The SMILES string of the molecule is CC(=O)ONCc1ccc(Oc2ccc(NC(=O)c3ccc(Cl)c(Cl)c3)cn2)cc1. The number of rotatable bonds is 7. The largest absolute Gasteiger partial charge is 0.439 e. The molecule has 0 spiro atoms. The Hall–Kier alpha value is -3.13. The standard InChI is InChI=1S/C21H17Cl2N3O4/c1-13(27)30-25-11-14-2-6-17(7-3-14)29-20-9-5-16(12-24-20)26-21(28)15-4-8-18(22)19(23)10-15/h2-10,12,25H,11H2,1H3,(H,26,28). The molecule has 9 heteroatoms. The maximum absolute atomic E-state index is 12.3. The van der Waals surface area contributed by atoms with Crippen LogP contribution in [0.3, 0.4) is 0 Å². The molecule has 0 aliphatic rings. The van der Waals surface area contributed by atoms with Gasteiger partial charge in [-0.05, 0) is 42.0 Å². The molecule has 2 aromatic carbocycles. The van der Waals surface area contributed by atoms with Gasteiger partial charge in [0.2, 0.25) is 5.88 Å². The summed E-state index contributed by atoms with van der Waals surface area (Å²) < 4.78 is 5.69. The number of hydrogen-bond acceptors (Lipinski definition) is 6. The predicted molar refractivity (Wildman–Crippen MR) is 114 cm³/mol. The fraction of sp³-hybridized carbons (Fsp3) is 0.0952. The Morgan fingerprint density at radius 2 is 1.77 bits per heavy atom. The van der Waals surface area contributed by atoms with E-state index < -0.39 is 5.97 Å². The van der Waals surface area contributed by atoms with Gasteiger partial charge in [-0.3, -0.25) is 9.59 Å². The van der Waals surface area contributed by atoms with E-state index in [2.05, 4.69) is 20.6 Å². The number of pyridine rings is 1. The van der Waals surface area contributed by atoms with E-state index in [1.807, 2.05) is 12.1 Å². The van der Waals surface area contributed by atoms with Crippen LogP contribution in [0.25, 0.3) is 0 Å². The third kappa shape index (κ3) is 6.18. The first kappa shape index (κ1) is 21.6. The van der Waals surface area contributed by atoms with Crippen molar-refractivity contribution >= 4 is 40.8 Å². The molecule has 0 bridgehead atoms. The second-order valence-electron chi connectivity index (χ2n) is 6.13. The number of hydroxylamine groups is 1. The lowest BCUT2D eigenvalue weighted by molar-refractivity contribution is -0.148. The van der Waals surface area contributed by atoms with Crippen molar-refractivity contribution in [2.45, 2.75) is 13.5 Å². The molecule has 0 radical (unpaired) electrons. The van der Waals surface area contributed by atoms with Crippen LogP contribution in [0.1, 0.15) is 22.8 Å².